The summed E-state index contributed by atoms with van der Waals surface area (Å²) in [5.41, 5.74) is 10.3. The molecule has 98 valence electrons. The van der Waals surface area contributed by atoms with Crippen LogP contribution in [0.4, 0.5) is 5.69 Å². The van der Waals surface area contributed by atoms with Crippen molar-refractivity contribution in [1.29, 1.82) is 0 Å². The molecule has 1 heterocycles. The van der Waals surface area contributed by atoms with E-state index in [1.165, 1.54) is 16.8 Å². The molecule has 0 spiro atoms. The van der Waals surface area contributed by atoms with Crippen LogP contribution in [0.25, 0.3) is 0 Å². The van der Waals surface area contributed by atoms with E-state index in [2.05, 4.69) is 66.4 Å². The van der Waals surface area contributed by atoms with Crippen LogP contribution in [0.5, 0.6) is 0 Å². The van der Waals surface area contributed by atoms with Crippen molar-refractivity contribution >= 4 is 5.69 Å². The van der Waals surface area contributed by atoms with Crippen molar-refractivity contribution in [3.63, 3.8) is 0 Å². The number of nitrogens with zero attached hydrogens (tertiary/aromatic N) is 1. The molecule has 0 fully saturated rings. The molecule has 2 nitrogen and oxygen atoms in total. The number of benzene rings is 2. The quantitative estimate of drug-likeness (QED) is 0.910. The van der Waals surface area contributed by atoms with E-state index in [9.17, 15) is 0 Å². The third-order valence-corrected chi connectivity index (χ3v) is 3.93. The Bertz CT molecular complexity index is 548. The van der Waals surface area contributed by atoms with Gasteiger partial charge in [0.1, 0.15) is 0 Å². The fourth-order valence-corrected chi connectivity index (χ4v) is 2.93. The van der Waals surface area contributed by atoms with Crippen molar-refractivity contribution in [3.8, 4) is 0 Å². The van der Waals surface area contributed by atoms with E-state index in [1.54, 1.807) is 0 Å². The summed E-state index contributed by atoms with van der Waals surface area (Å²) in [7, 11) is 0. The van der Waals surface area contributed by atoms with Crippen LogP contribution in [-0.2, 0) is 13.0 Å². The minimum Gasteiger partial charge on any atom is -0.362 e. The zero-order chi connectivity index (χ0) is 13.2. The molecule has 2 aromatic rings. The Morgan fingerprint density at radius 1 is 1.11 bits per heavy atom. The lowest BCUT2D eigenvalue weighted by atomic mass is 10.1. The summed E-state index contributed by atoms with van der Waals surface area (Å²) >= 11 is 0. The lowest BCUT2D eigenvalue weighted by molar-refractivity contribution is 0.530. The summed E-state index contributed by atoms with van der Waals surface area (Å²) in [5.74, 6) is 0. The van der Waals surface area contributed by atoms with Gasteiger partial charge in [-0.15, -0.1) is 0 Å². The third kappa shape index (κ3) is 2.36. The van der Waals surface area contributed by atoms with Gasteiger partial charge in [-0.2, -0.15) is 0 Å². The van der Waals surface area contributed by atoms with Crippen LogP contribution in [0.2, 0.25) is 0 Å². The monoisotopic (exact) mass is 252 g/mol. The van der Waals surface area contributed by atoms with Gasteiger partial charge >= 0.3 is 0 Å². The topological polar surface area (TPSA) is 29.3 Å². The van der Waals surface area contributed by atoms with Gasteiger partial charge in [0.25, 0.3) is 0 Å². The van der Waals surface area contributed by atoms with Crippen molar-refractivity contribution in [3.05, 3.63) is 65.7 Å². The van der Waals surface area contributed by atoms with Gasteiger partial charge in [0.05, 0.1) is 0 Å². The standard InChI is InChI=1S/C17H20N2/c1-13(18)17-11-15-9-5-6-10-16(15)19(17)12-14-7-3-2-4-8-14/h2-10,13,17H,11-12,18H2,1H3. The SMILES string of the molecule is CC(N)C1Cc2ccccc2N1Cc1ccccc1. The molecule has 3 rings (SSSR count). The predicted octanol–water partition coefficient (Wildman–Crippen LogP) is 2.97. The summed E-state index contributed by atoms with van der Waals surface area (Å²) in [6, 6.07) is 19.8. The molecule has 1 aliphatic rings. The average Bonchev–Trinajstić information content (AvgIpc) is 2.79. The average molecular weight is 252 g/mol. The summed E-state index contributed by atoms with van der Waals surface area (Å²) < 4.78 is 0. The molecule has 2 atom stereocenters. The van der Waals surface area contributed by atoms with Crippen LogP contribution in [0, 0.1) is 0 Å². The van der Waals surface area contributed by atoms with E-state index in [0.29, 0.717) is 6.04 Å². The molecule has 0 aliphatic carbocycles. The Morgan fingerprint density at radius 2 is 1.79 bits per heavy atom. The number of hydrogen-bond acceptors (Lipinski definition) is 2. The summed E-state index contributed by atoms with van der Waals surface area (Å²) in [4.78, 5) is 2.45. The molecule has 19 heavy (non-hydrogen) atoms. The zero-order valence-corrected chi connectivity index (χ0v) is 11.3. The molecule has 2 unspecified atom stereocenters. The molecule has 0 bridgehead atoms. The van der Waals surface area contributed by atoms with Crippen LogP contribution in [0.3, 0.4) is 0 Å². The molecule has 2 heteroatoms. The second kappa shape index (κ2) is 5.06. The second-order valence-corrected chi connectivity index (χ2v) is 5.37. The van der Waals surface area contributed by atoms with Gasteiger partial charge < -0.3 is 10.6 Å². The summed E-state index contributed by atoms with van der Waals surface area (Å²) in [6.45, 7) is 3.04. The smallest absolute Gasteiger partial charge is 0.0483 e. The molecule has 2 aromatic carbocycles. The number of nitrogens with two attached hydrogens (primary N) is 1. The highest BCUT2D eigenvalue weighted by molar-refractivity contribution is 5.60. The molecular formula is C17H20N2. The molecular weight excluding hydrogens is 232 g/mol. The molecule has 0 aromatic heterocycles. The van der Waals surface area contributed by atoms with Crippen LogP contribution >= 0.6 is 0 Å². The summed E-state index contributed by atoms with van der Waals surface area (Å²) in [5, 5.41) is 0. The van der Waals surface area contributed by atoms with E-state index >= 15 is 0 Å². The van der Waals surface area contributed by atoms with Gasteiger partial charge in [-0.25, -0.2) is 0 Å². The van der Waals surface area contributed by atoms with Crippen molar-refractivity contribution in [2.45, 2.75) is 32.0 Å². The molecule has 0 saturated carbocycles. The molecule has 0 amide bonds. The van der Waals surface area contributed by atoms with E-state index in [-0.39, 0.29) is 6.04 Å². The minimum atomic E-state index is 0.177. The highest BCUT2D eigenvalue weighted by atomic mass is 15.2. The van der Waals surface area contributed by atoms with Gasteiger partial charge in [0, 0.05) is 24.3 Å². The third-order valence-electron chi connectivity index (χ3n) is 3.93. The summed E-state index contributed by atoms with van der Waals surface area (Å²) in [6.07, 6.45) is 1.06. The van der Waals surface area contributed by atoms with Crippen LogP contribution in [0.1, 0.15) is 18.1 Å². The zero-order valence-electron chi connectivity index (χ0n) is 11.3. The maximum absolute atomic E-state index is 6.18. The maximum Gasteiger partial charge on any atom is 0.0483 e. The number of anilines is 1. The number of fused-ring (bicyclic) bond motifs is 1. The molecule has 0 radical (unpaired) electrons. The highest BCUT2D eigenvalue weighted by Crippen LogP contribution is 2.34. The van der Waals surface area contributed by atoms with Crippen LogP contribution in [-0.4, -0.2) is 12.1 Å². The van der Waals surface area contributed by atoms with E-state index < -0.39 is 0 Å². The second-order valence-electron chi connectivity index (χ2n) is 5.37. The van der Waals surface area contributed by atoms with Crippen LogP contribution < -0.4 is 10.6 Å². The van der Waals surface area contributed by atoms with E-state index in [4.69, 9.17) is 5.73 Å². The Balaban J connectivity index is 1.92. The van der Waals surface area contributed by atoms with Crippen molar-refractivity contribution < 1.29 is 0 Å². The van der Waals surface area contributed by atoms with Crippen LogP contribution in [0.15, 0.2) is 54.6 Å². The largest absolute Gasteiger partial charge is 0.362 e. The lowest BCUT2D eigenvalue weighted by Gasteiger charge is -2.30. The van der Waals surface area contributed by atoms with Gasteiger partial charge in [0.15, 0.2) is 0 Å². The first-order valence-electron chi connectivity index (χ1n) is 6.90. The normalized spacial score (nSPS) is 19.3. The number of rotatable bonds is 3. The first-order chi connectivity index (χ1) is 9.25. The molecule has 0 saturated heterocycles. The van der Waals surface area contributed by atoms with Gasteiger partial charge in [-0.3, -0.25) is 0 Å². The Hall–Kier alpha value is -1.80. The van der Waals surface area contributed by atoms with E-state index in [0.717, 1.165) is 13.0 Å². The van der Waals surface area contributed by atoms with E-state index in [1.807, 2.05) is 0 Å². The fourth-order valence-electron chi connectivity index (χ4n) is 2.93. The van der Waals surface area contributed by atoms with Gasteiger partial charge in [-0.1, -0.05) is 48.5 Å². The van der Waals surface area contributed by atoms with Crippen molar-refractivity contribution in [2.24, 2.45) is 5.73 Å². The lowest BCUT2D eigenvalue weighted by Crippen LogP contribution is -2.44. The first kappa shape index (κ1) is 12.2. The number of para-hydroxylation sites is 1. The Labute approximate surface area is 114 Å². The minimum absolute atomic E-state index is 0.177. The highest BCUT2D eigenvalue weighted by Gasteiger charge is 2.31. The van der Waals surface area contributed by atoms with Gasteiger partial charge in [0.2, 0.25) is 0 Å². The maximum atomic E-state index is 6.18. The van der Waals surface area contributed by atoms with Crippen molar-refractivity contribution in [1.82, 2.24) is 0 Å². The number of hydrogen-bond donors (Lipinski definition) is 1. The first-order valence-corrected chi connectivity index (χ1v) is 6.90. The van der Waals surface area contributed by atoms with Crippen molar-refractivity contribution in [2.75, 3.05) is 4.90 Å². The Morgan fingerprint density at radius 3 is 2.53 bits per heavy atom. The fraction of sp³-hybridized carbons (Fsp3) is 0.294. The predicted molar refractivity (Wildman–Crippen MR) is 80.2 cm³/mol. The van der Waals surface area contributed by atoms with Gasteiger partial charge in [-0.05, 0) is 30.5 Å². The molecule has 2 N–H and O–H groups in total. The Kier molecular flexibility index (Phi) is 3.26. The molecule has 1 aliphatic heterocycles.